The molecule has 10 heteroatoms. The Labute approximate surface area is 220 Å². The lowest BCUT2D eigenvalue weighted by Crippen LogP contribution is -2.67. The van der Waals surface area contributed by atoms with Gasteiger partial charge in [0.1, 0.15) is 4.53 Å². The first kappa shape index (κ1) is 22.5. The Morgan fingerprint density at radius 2 is 1.42 bits per heavy atom. The van der Waals surface area contributed by atoms with Crippen LogP contribution in [0.5, 0.6) is 0 Å². The summed E-state index contributed by atoms with van der Waals surface area (Å²) in [6, 6.07) is 26.2. The summed E-state index contributed by atoms with van der Waals surface area (Å²) in [6.07, 6.45) is 0. The average molecular weight is 523 g/mol. The predicted molar refractivity (Wildman–Crippen MR) is 143 cm³/mol. The van der Waals surface area contributed by atoms with Gasteiger partial charge in [0.25, 0.3) is 11.5 Å². The second kappa shape index (κ2) is 7.65. The number of rotatable bonds is 2. The van der Waals surface area contributed by atoms with Crippen LogP contribution in [-0.2, 0) is 16.1 Å². The fraction of sp³-hybridized carbons (Fsp3) is 0.143. The van der Waals surface area contributed by atoms with Crippen LogP contribution in [0.3, 0.4) is 0 Å². The highest BCUT2D eigenvalue weighted by molar-refractivity contribution is 7.07. The number of benzene rings is 3. The van der Waals surface area contributed by atoms with E-state index in [9.17, 15) is 14.4 Å². The molecule has 7 rings (SSSR count). The minimum absolute atomic E-state index is 0.254. The third-order valence-corrected chi connectivity index (χ3v) is 8.69. The van der Waals surface area contributed by atoms with Gasteiger partial charge in [-0.05, 0) is 6.07 Å². The lowest BCUT2D eigenvalue weighted by atomic mass is 9.80. The number of fused-ring (bicyclic) bond motifs is 3. The number of carbonyl (C=O) groups is 2. The van der Waals surface area contributed by atoms with Gasteiger partial charge in [0.05, 0.1) is 5.57 Å². The number of carbonyl (C=O) groups excluding carboxylic acids is 2. The molecule has 4 aromatic rings. The zero-order valence-corrected chi connectivity index (χ0v) is 21.3. The fourth-order valence-electron chi connectivity index (χ4n) is 5.91. The largest absolute Gasteiger partial charge is 0.324 e. The highest BCUT2D eigenvalue weighted by Gasteiger charge is 2.69. The fourth-order valence-corrected chi connectivity index (χ4v) is 6.97. The second-order valence-corrected chi connectivity index (χ2v) is 10.4. The maximum atomic E-state index is 14.0. The lowest BCUT2D eigenvalue weighted by molar-refractivity contribution is -0.110. The molecule has 0 bridgehead atoms. The van der Waals surface area contributed by atoms with E-state index in [-0.39, 0.29) is 16.5 Å². The van der Waals surface area contributed by atoms with Crippen LogP contribution in [0.15, 0.2) is 94.7 Å². The highest BCUT2D eigenvalue weighted by atomic mass is 32.1. The second-order valence-electron chi connectivity index (χ2n) is 9.47. The Morgan fingerprint density at radius 1 is 0.789 bits per heavy atom. The third-order valence-electron chi connectivity index (χ3n) is 7.65. The van der Waals surface area contributed by atoms with Crippen LogP contribution in [0, 0.1) is 0 Å². The molecular weight excluding hydrogens is 500 g/mol. The zero-order chi connectivity index (χ0) is 26.2. The number of urea groups is 1. The van der Waals surface area contributed by atoms with Crippen LogP contribution in [-0.4, -0.2) is 40.5 Å². The smallest absolute Gasteiger partial charge is 0.321 e. The number of thiazole rings is 1. The summed E-state index contributed by atoms with van der Waals surface area (Å²) in [5.74, 6) is -0.331. The van der Waals surface area contributed by atoms with Gasteiger partial charge in [-0.2, -0.15) is 4.68 Å². The van der Waals surface area contributed by atoms with E-state index in [1.165, 1.54) is 4.68 Å². The van der Waals surface area contributed by atoms with E-state index in [1.807, 2.05) is 84.9 Å². The van der Waals surface area contributed by atoms with Crippen molar-refractivity contribution in [3.8, 4) is 0 Å². The van der Waals surface area contributed by atoms with E-state index in [1.54, 1.807) is 23.9 Å². The van der Waals surface area contributed by atoms with Crippen molar-refractivity contribution >= 4 is 34.5 Å². The summed E-state index contributed by atoms with van der Waals surface area (Å²) < 4.78 is 1.65. The number of anilines is 1. The van der Waals surface area contributed by atoms with Gasteiger partial charge in [0, 0.05) is 36.5 Å². The number of hydrogen-bond acceptors (Lipinski definition) is 6. The standard InChI is InChI=1S/C28H22N6O3S/c1-32-26(37)33(2)28(18-13-7-4-8-14-18)27(32,17-11-5-3-6-12-17)30-25-34(31-28)24(36)22(38-25)21-19-15-9-10-16-20(19)29-23(21)35/h3-16,31H,1-2H3,(H,29,35)/b22-21-/t27-,28+/m1/s1. The molecule has 0 aliphatic carbocycles. The lowest BCUT2D eigenvalue weighted by Gasteiger charge is -2.49. The Morgan fingerprint density at radius 3 is 2.13 bits per heavy atom. The minimum atomic E-state index is -1.27. The van der Waals surface area contributed by atoms with E-state index < -0.39 is 16.9 Å². The van der Waals surface area contributed by atoms with Gasteiger partial charge in [0.2, 0.25) is 16.1 Å². The normalized spacial score (nSPS) is 24.8. The zero-order valence-electron chi connectivity index (χ0n) is 20.5. The molecule has 2 atom stereocenters. The van der Waals surface area contributed by atoms with Crippen molar-refractivity contribution in [3.63, 3.8) is 0 Å². The van der Waals surface area contributed by atoms with Crippen molar-refractivity contribution in [1.82, 2.24) is 14.5 Å². The summed E-state index contributed by atoms with van der Waals surface area (Å²) in [6.45, 7) is 0. The molecule has 188 valence electrons. The molecule has 3 aromatic carbocycles. The molecule has 3 aliphatic heterocycles. The summed E-state index contributed by atoms with van der Waals surface area (Å²) in [5.41, 5.74) is 3.70. The predicted octanol–water partition coefficient (Wildman–Crippen LogP) is 1.94. The summed E-state index contributed by atoms with van der Waals surface area (Å²) >= 11 is 1.13. The molecule has 0 spiro atoms. The molecule has 2 N–H and O–H groups in total. The number of nitrogens with zero attached hydrogens (tertiary/aromatic N) is 4. The van der Waals surface area contributed by atoms with Crippen molar-refractivity contribution in [2.75, 3.05) is 24.8 Å². The van der Waals surface area contributed by atoms with Crippen LogP contribution < -0.4 is 25.6 Å². The summed E-state index contributed by atoms with van der Waals surface area (Å²) in [4.78, 5) is 49.4. The SMILES string of the molecule is CN1C(=O)N(C)[C@]2(c3ccccc3)Nn3c(s/c(=C4\C(=O)Nc5ccccc54)c3=O)=N[C@]12c1ccccc1. The van der Waals surface area contributed by atoms with Crippen LogP contribution >= 0.6 is 11.3 Å². The monoisotopic (exact) mass is 522 g/mol. The van der Waals surface area contributed by atoms with Gasteiger partial charge >= 0.3 is 6.03 Å². The quantitative estimate of drug-likeness (QED) is 0.420. The maximum absolute atomic E-state index is 14.0. The maximum Gasteiger partial charge on any atom is 0.324 e. The number of amides is 3. The van der Waals surface area contributed by atoms with Gasteiger partial charge in [-0.3, -0.25) is 24.8 Å². The Kier molecular flexibility index (Phi) is 4.53. The van der Waals surface area contributed by atoms with Gasteiger partial charge in [-0.1, -0.05) is 90.2 Å². The van der Waals surface area contributed by atoms with E-state index in [0.717, 1.165) is 22.5 Å². The number of nitrogens with one attached hydrogen (secondary N) is 2. The van der Waals surface area contributed by atoms with Crippen molar-refractivity contribution in [3.05, 3.63) is 121 Å². The van der Waals surface area contributed by atoms with Crippen molar-refractivity contribution < 1.29 is 9.59 Å². The highest BCUT2D eigenvalue weighted by Crippen LogP contribution is 2.53. The van der Waals surface area contributed by atoms with Crippen LogP contribution in [0.4, 0.5) is 10.5 Å². The molecule has 3 aliphatic rings. The number of aromatic nitrogens is 1. The van der Waals surface area contributed by atoms with Crippen molar-refractivity contribution in [2.24, 2.45) is 4.99 Å². The Bertz CT molecular complexity index is 1830. The molecule has 1 fully saturated rings. The van der Waals surface area contributed by atoms with E-state index in [0.29, 0.717) is 21.6 Å². The van der Waals surface area contributed by atoms with Crippen LogP contribution in [0.2, 0.25) is 0 Å². The van der Waals surface area contributed by atoms with Gasteiger partial charge < -0.3 is 5.32 Å². The molecule has 9 nitrogen and oxygen atoms in total. The first-order chi connectivity index (χ1) is 18.4. The molecule has 38 heavy (non-hydrogen) atoms. The molecule has 3 amide bonds. The Hall–Kier alpha value is -4.70. The molecule has 1 aromatic heterocycles. The Balaban J connectivity index is 1.62. The number of para-hydroxylation sites is 1. The minimum Gasteiger partial charge on any atom is -0.321 e. The summed E-state index contributed by atoms with van der Waals surface area (Å²) in [5, 5.41) is 2.85. The van der Waals surface area contributed by atoms with Crippen LogP contribution in [0.1, 0.15) is 16.7 Å². The summed E-state index contributed by atoms with van der Waals surface area (Å²) in [7, 11) is 3.43. The molecule has 0 saturated carbocycles. The van der Waals surface area contributed by atoms with Crippen LogP contribution in [0.25, 0.3) is 5.57 Å². The van der Waals surface area contributed by atoms with Gasteiger partial charge in [-0.25, -0.2) is 9.79 Å². The molecule has 4 heterocycles. The molecular formula is C28H22N6O3S. The van der Waals surface area contributed by atoms with Crippen molar-refractivity contribution in [1.29, 1.82) is 0 Å². The van der Waals surface area contributed by atoms with Gasteiger partial charge in [0.15, 0.2) is 0 Å². The third kappa shape index (κ3) is 2.59. The van der Waals surface area contributed by atoms with E-state index in [2.05, 4.69) is 10.7 Å². The molecule has 0 unspecified atom stereocenters. The number of hydrogen-bond donors (Lipinski definition) is 2. The molecule has 1 saturated heterocycles. The first-order valence-electron chi connectivity index (χ1n) is 12.1. The van der Waals surface area contributed by atoms with E-state index >= 15 is 0 Å². The molecule has 0 radical (unpaired) electrons. The van der Waals surface area contributed by atoms with Crippen molar-refractivity contribution in [2.45, 2.75) is 11.3 Å². The van der Waals surface area contributed by atoms with E-state index in [4.69, 9.17) is 4.99 Å². The average Bonchev–Trinajstić information content (AvgIpc) is 3.50. The number of likely N-dealkylation sites (N-methyl/N-ethyl adjacent to an activating group) is 2. The first-order valence-corrected chi connectivity index (χ1v) is 12.9. The van der Waals surface area contributed by atoms with Gasteiger partial charge in [-0.15, -0.1) is 0 Å². The topological polar surface area (TPSA) is 99.0 Å².